The quantitative estimate of drug-likeness (QED) is 0.656. The Morgan fingerprint density at radius 1 is 0.950 bits per heavy atom. The number of hydrogen-bond acceptors (Lipinski definition) is 1. The third-order valence-electron chi connectivity index (χ3n) is 4.38. The minimum atomic E-state index is 0.152. The van der Waals surface area contributed by atoms with Crippen LogP contribution in [0.2, 0.25) is 0 Å². The maximum Gasteiger partial charge on any atom is 0.131 e. The van der Waals surface area contributed by atoms with Crippen molar-refractivity contribution in [3.8, 4) is 0 Å². The molecular formula is C18H15BrO. The molecule has 0 spiro atoms. The molecule has 1 nitrogen and oxygen atoms in total. The van der Waals surface area contributed by atoms with Crippen molar-refractivity contribution in [1.29, 1.82) is 0 Å². The van der Waals surface area contributed by atoms with E-state index in [0.29, 0.717) is 5.92 Å². The van der Waals surface area contributed by atoms with E-state index >= 15 is 0 Å². The first kappa shape index (κ1) is 12.2. The van der Waals surface area contributed by atoms with Crippen molar-refractivity contribution in [1.82, 2.24) is 0 Å². The summed E-state index contributed by atoms with van der Waals surface area (Å²) in [6.07, 6.45) is 2.13. The van der Waals surface area contributed by atoms with E-state index in [0.717, 1.165) is 18.6 Å². The number of halogens is 1. The monoisotopic (exact) mass is 326 g/mol. The van der Waals surface area contributed by atoms with Crippen molar-refractivity contribution >= 4 is 15.9 Å². The summed E-state index contributed by atoms with van der Waals surface area (Å²) in [6, 6.07) is 17.5. The van der Waals surface area contributed by atoms with Crippen LogP contribution in [0.4, 0.5) is 0 Å². The van der Waals surface area contributed by atoms with Gasteiger partial charge in [0.25, 0.3) is 0 Å². The van der Waals surface area contributed by atoms with Gasteiger partial charge in [-0.25, -0.2) is 0 Å². The number of hydrogen-bond donors (Lipinski definition) is 0. The topological polar surface area (TPSA) is 9.23 Å². The molecule has 0 amide bonds. The zero-order valence-corrected chi connectivity index (χ0v) is 12.6. The molecule has 4 rings (SSSR count). The fraction of sp³-hybridized carbons (Fsp3) is 0.222. The van der Waals surface area contributed by atoms with Gasteiger partial charge in [0, 0.05) is 17.3 Å². The number of fused-ring (bicyclic) bond motifs is 5. The summed E-state index contributed by atoms with van der Waals surface area (Å²) in [5, 5.41) is 0. The van der Waals surface area contributed by atoms with Crippen LogP contribution >= 0.6 is 15.9 Å². The average Bonchev–Trinajstić information content (AvgIpc) is 2.87. The lowest BCUT2D eigenvalue weighted by Gasteiger charge is -2.18. The summed E-state index contributed by atoms with van der Waals surface area (Å²) >= 11 is 3.42. The highest BCUT2D eigenvalue weighted by molar-refractivity contribution is 9.11. The van der Waals surface area contributed by atoms with Gasteiger partial charge in [-0.3, -0.25) is 0 Å². The van der Waals surface area contributed by atoms with E-state index in [1.165, 1.54) is 22.3 Å². The Labute approximate surface area is 127 Å². The fourth-order valence-electron chi connectivity index (χ4n) is 3.48. The van der Waals surface area contributed by atoms with Crippen LogP contribution in [-0.4, -0.2) is 0 Å². The van der Waals surface area contributed by atoms with Gasteiger partial charge in [0.2, 0.25) is 0 Å². The van der Waals surface area contributed by atoms with Crippen molar-refractivity contribution < 1.29 is 4.74 Å². The number of rotatable bonds is 0. The first-order valence-corrected chi connectivity index (χ1v) is 7.90. The highest BCUT2D eigenvalue weighted by atomic mass is 79.9. The molecule has 1 aliphatic carbocycles. The molecule has 0 saturated carbocycles. The van der Waals surface area contributed by atoms with Gasteiger partial charge < -0.3 is 4.74 Å². The van der Waals surface area contributed by atoms with Crippen LogP contribution in [0, 0.1) is 0 Å². The third-order valence-corrected chi connectivity index (χ3v) is 4.89. The first-order chi connectivity index (χ1) is 9.86. The Kier molecular flexibility index (Phi) is 2.92. The summed E-state index contributed by atoms with van der Waals surface area (Å²) in [5.41, 5.74) is 5.62. The lowest BCUT2D eigenvalue weighted by molar-refractivity contribution is 0.152. The molecule has 2 aromatic carbocycles. The van der Waals surface area contributed by atoms with E-state index in [1.807, 2.05) is 4.99 Å². The van der Waals surface area contributed by atoms with Gasteiger partial charge in [-0.2, -0.15) is 0 Å². The lowest BCUT2D eigenvalue weighted by atomic mass is 9.88. The molecule has 20 heavy (non-hydrogen) atoms. The second-order valence-electron chi connectivity index (χ2n) is 5.50. The molecule has 0 aromatic heterocycles. The molecule has 1 aliphatic heterocycles. The second kappa shape index (κ2) is 4.78. The lowest BCUT2D eigenvalue weighted by Crippen LogP contribution is -2.05. The van der Waals surface area contributed by atoms with Gasteiger partial charge >= 0.3 is 0 Å². The van der Waals surface area contributed by atoms with E-state index in [-0.39, 0.29) is 6.10 Å². The molecule has 0 bridgehead atoms. The minimum Gasteiger partial charge on any atom is -0.489 e. The summed E-state index contributed by atoms with van der Waals surface area (Å²) in [5.74, 6) is 1.48. The molecule has 1 heterocycles. The van der Waals surface area contributed by atoms with Gasteiger partial charge in [-0.15, -0.1) is 0 Å². The number of benzene rings is 2. The Morgan fingerprint density at radius 2 is 1.60 bits per heavy atom. The molecule has 2 atom stereocenters. The van der Waals surface area contributed by atoms with E-state index in [4.69, 9.17) is 4.74 Å². The van der Waals surface area contributed by atoms with Gasteiger partial charge in [0.05, 0.1) is 0 Å². The maximum atomic E-state index is 6.19. The Balaban J connectivity index is 1.93. The van der Waals surface area contributed by atoms with Crippen molar-refractivity contribution in [2.24, 2.45) is 0 Å². The van der Waals surface area contributed by atoms with Crippen molar-refractivity contribution in [2.45, 2.75) is 24.9 Å². The Hall–Kier alpha value is -1.54. The highest BCUT2D eigenvalue weighted by Crippen LogP contribution is 2.50. The van der Waals surface area contributed by atoms with Crippen LogP contribution in [0.1, 0.15) is 40.7 Å². The normalized spacial score (nSPS) is 25.4. The molecule has 2 aliphatic rings. The van der Waals surface area contributed by atoms with E-state index in [2.05, 4.69) is 64.5 Å². The molecule has 1 fully saturated rings. The summed E-state index contributed by atoms with van der Waals surface area (Å²) in [4.78, 5) is 1.92. The molecule has 1 saturated heterocycles. The smallest absolute Gasteiger partial charge is 0.131 e. The van der Waals surface area contributed by atoms with Crippen LogP contribution in [0.5, 0.6) is 0 Å². The Bertz CT molecular complexity index is 634. The predicted octanol–water partition coefficient (Wildman–Crippen LogP) is 5.07. The molecule has 0 unspecified atom stereocenters. The van der Waals surface area contributed by atoms with Gasteiger partial charge in [0.15, 0.2) is 0 Å². The van der Waals surface area contributed by atoms with Crippen molar-refractivity contribution in [3.63, 3.8) is 0 Å². The van der Waals surface area contributed by atoms with Gasteiger partial charge in [0.1, 0.15) is 11.9 Å². The second-order valence-corrected chi connectivity index (χ2v) is 5.96. The third kappa shape index (κ3) is 1.82. The van der Waals surface area contributed by atoms with Crippen LogP contribution in [0.15, 0.2) is 59.3 Å². The van der Waals surface area contributed by atoms with Crippen LogP contribution in [0.3, 0.4) is 0 Å². The highest BCUT2D eigenvalue weighted by Gasteiger charge is 2.38. The van der Waals surface area contributed by atoms with E-state index in [1.54, 1.807) is 0 Å². The molecule has 2 heteroatoms. The van der Waals surface area contributed by atoms with Crippen LogP contribution < -0.4 is 0 Å². The predicted molar refractivity (Wildman–Crippen MR) is 83.9 cm³/mol. The fourth-order valence-corrected chi connectivity index (χ4v) is 3.77. The molecular weight excluding hydrogens is 312 g/mol. The summed E-state index contributed by atoms with van der Waals surface area (Å²) in [6.45, 7) is 0. The molecule has 2 aromatic rings. The largest absolute Gasteiger partial charge is 0.489 e. The summed E-state index contributed by atoms with van der Waals surface area (Å²) in [7, 11) is 0. The Morgan fingerprint density at radius 3 is 2.35 bits per heavy atom. The maximum absolute atomic E-state index is 6.19. The SMILES string of the molecule is Br/C=C1/C[C@@H]2c3ccccc3Cc3ccccc3[C@H]2O1. The zero-order valence-electron chi connectivity index (χ0n) is 11.1. The standard InChI is InChI=1S/C18H15BrO/c19-11-14-10-17-15-7-3-1-5-12(15)9-13-6-2-4-8-16(13)18(17)20-14/h1-8,11,17-18H,9-10H2/b14-11-/t17-,18-/m1/s1. The first-order valence-electron chi connectivity index (χ1n) is 6.98. The van der Waals surface area contributed by atoms with E-state index < -0.39 is 0 Å². The van der Waals surface area contributed by atoms with Gasteiger partial charge in [-0.05, 0) is 28.7 Å². The van der Waals surface area contributed by atoms with E-state index in [9.17, 15) is 0 Å². The minimum absolute atomic E-state index is 0.152. The van der Waals surface area contributed by atoms with Crippen molar-refractivity contribution in [3.05, 3.63) is 81.5 Å². The van der Waals surface area contributed by atoms with Crippen LogP contribution in [-0.2, 0) is 11.2 Å². The summed E-state index contributed by atoms with van der Waals surface area (Å²) < 4.78 is 6.19. The molecule has 0 N–H and O–H groups in total. The number of ether oxygens (including phenoxy) is 1. The molecule has 0 radical (unpaired) electrons. The van der Waals surface area contributed by atoms with Gasteiger partial charge in [-0.1, -0.05) is 64.5 Å². The molecule has 100 valence electrons. The average molecular weight is 327 g/mol. The zero-order chi connectivity index (χ0) is 13.5. The van der Waals surface area contributed by atoms with Crippen molar-refractivity contribution in [2.75, 3.05) is 0 Å². The number of allylic oxidation sites excluding steroid dienone is 1. The van der Waals surface area contributed by atoms with Crippen LogP contribution in [0.25, 0.3) is 0 Å².